The van der Waals surface area contributed by atoms with Gasteiger partial charge in [0.1, 0.15) is 5.82 Å². The van der Waals surface area contributed by atoms with Gasteiger partial charge in [-0.2, -0.15) is 10.2 Å². The van der Waals surface area contributed by atoms with Gasteiger partial charge >= 0.3 is 0 Å². The summed E-state index contributed by atoms with van der Waals surface area (Å²) in [6.07, 6.45) is 8.99. The molecule has 1 amide bonds. The molecule has 158 valence electrons. The van der Waals surface area contributed by atoms with E-state index >= 15 is 0 Å². The van der Waals surface area contributed by atoms with Gasteiger partial charge in [-0.05, 0) is 55.5 Å². The van der Waals surface area contributed by atoms with Crippen LogP contribution in [0.3, 0.4) is 0 Å². The molecular formula is C24H25N5O2. The third-order valence-corrected chi connectivity index (χ3v) is 6.30. The molecule has 1 N–H and O–H groups in total. The van der Waals surface area contributed by atoms with Gasteiger partial charge in [-0.3, -0.25) is 4.79 Å². The number of carbonyl (C=O) groups excluding carboxylic acids is 1. The lowest BCUT2D eigenvalue weighted by atomic mass is 9.86. The summed E-state index contributed by atoms with van der Waals surface area (Å²) in [4.78, 5) is 20.2. The number of hydrogen-bond donors (Lipinski definition) is 1. The van der Waals surface area contributed by atoms with E-state index in [0.717, 1.165) is 59.6 Å². The third kappa shape index (κ3) is 3.88. The van der Waals surface area contributed by atoms with Crippen LogP contribution in [0.5, 0.6) is 0 Å². The molecule has 0 bridgehead atoms. The number of rotatable bonds is 3. The number of carbonyl (C=O) groups is 1. The van der Waals surface area contributed by atoms with Crippen molar-refractivity contribution < 1.29 is 9.53 Å². The van der Waals surface area contributed by atoms with E-state index in [1.54, 1.807) is 25.7 Å². The SMILES string of the molecule is CO[C@H]1CC[C@H](C(=O)N2Cc3cccnc3Nc3ccc(-c4ccnnc4)cc32)CC1. The second-order valence-corrected chi connectivity index (χ2v) is 8.13. The molecule has 7 nitrogen and oxygen atoms in total. The second-order valence-electron chi connectivity index (χ2n) is 8.13. The zero-order valence-electron chi connectivity index (χ0n) is 17.5. The van der Waals surface area contributed by atoms with Gasteiger partial charge in [0.2, 0.25) is 5.91 Å². The van der Waals surface area contributed by atoms with Crippen LogP contribution in [0, 0.1) is 5.92 Å². The molecule has 0 unspecified atom stereocenters. The molecule has 1 saturated carbocycles. The monoisotopic (exact) mass is 415 g/mol. The summed E-state index contributed by atoms with van der Waals surface area (Å²) in [5, 5.41) is 11.3. The Morgan fingerprint density at radius 3 is 2.71 bits per heavy atom. The summed E-state index contributed by atoms with van der Waals surface area (Å²) >= 11 is 0. The van der Waals surface area contributed by atoms with Gasteiger partial charge in [0.15, 0.2) is 0 Å². The van der Waals surface area contributed by atoms with Crippen molar-refractivity contribution in [2.24, 2.45) is 5.92 Å². The van der Waals surface area contributed by atoms with Crippen LogP contribution in [0.4, 0.5) is 17.2 Å². The quantitative estimate of drug-likeness (QED) is 0.686. The second kappa shape index (κ2) is 8.43. The maximum absolute atomic E-state index is 13.7. The first kappa shape index (κ1) is 19.6. The van der Waals surface area contributed by atoms with Crippen LogP contribution in [0.1, 0.15) is 31.2 Å². The van der Waals surface area contributed by atoms with Crippen LogP contribution in [0.15, 0.2) is 55.0 Å². The number of ether oxygens (including phenoxy) is 1. The minimum atomic E-state index is 0.00344. The van der Waals surface area contributed by atoms with Crippen LogP contribution in [0.2, 0.25) is 0 Å². The number of anilines is 3. The van der Waals surface area contributed by atoms with Crippen molar-refractivity contribution in [3.05, 3.63) is 60.6 Å². The summed E-state index contributed by atoms with van der Waals surface area (Å²) in [6, 6.07) is 12.0. The van der Waals surface area contributed by atoms with E-state index in [2.05, 4.69) is 26.6 Å². The fourth-order valence-corrected chi connectivity index (χ4v) is 4.53. The fraction of sp³-hybridized carbons (Fsp3) is 0.333. The molecule has 1 aliphatic carbocycles. The van der Waals surface area contributed by atoms with Crippen molar-refractivity contribution in [3.63, 3.8) is 0 Å². The fourth-order valence-electron chi connectivity index (χ4n) is 4.53. The van der Waals surface area contributed by atoms with Crippen molar-refractivity contribution in [1.29, 1.82) is 0 Å². The minimum absolute atomic E-state index is 0.00344. The number of aromatic nitrogens is 3. The highest BCUT2D eigenvalue weighted by atomic mass is 16.5. The van der Waals surface area contributed by atoms with Crippen LogP contribution >= 0.6 is 0 Å². The molecule has 0 radical (unpaired) electrons. The first-order valence-electron chi connectivity index (χ1n) is 10.7. The van der Waals surface area contributed by atoms with Crippen molar-refractivity contribution in [1.82, 2.24) is 15.2 Å². The summed E-state index contributed by atoms with van der Waals surface area (Å²) in [5.41, 5.74) is 4.71. The lowest BCUT2D eigenvalue weighted by Crippen LogP contribution is -2.38. The first-order valence-corrected chi connectivity index (χ1v) is 10.7. The molecule has 1 aliphatic heterocycles. The zero-order chi connectivity index (χ0) is 21.2. The van der Waals surface area contributed by atoms with Crippen molar-refractivity contribution in [3.8, 4) is 11.1 Å². The van der Waals surface area contributed by atoms with Crippen molar-refractivity contribution >= 4 is 23.1 Å². The maximum atomic E-state index is 13.7. The summed E-state index contributed by atoms with van der Waals surface area (Å²) in [6.45, 7) is 0.490. The number of fused-ring (bicyclic) bond motifs is 2. The van der Waals surface area contributed by atoms with Gasteiger partial charge in [-0.25, -0.2) is 4.98 Å². The van der Waals surface area contributed by atoms with Crippen LogP contribution in [0.25, 0.3) is 11.1 Å². The maximum Gasteiger partial charge on any atom is 0.230 e. The van der Waals surface area contributed by atoms with E-state index in [0.29, 0.717) is 6.54 Å². The van der Waals surface area contributed by atoms with Gasteiger partial charge in [-0.15, -0.1) is 0 Å². The Morgan fingerprint density at radius 1 is 1.06 bits per heavy atom. The van der Waals surface area contributed by atoms with Crippen molar-refractivity contribution in [2.45, 2.75) is 38.3 Å². The smallest absolute Gasteiger partial charge is 0.230 e. The molecule has 2 aliphatic rings. The predicted molar refractivity (Wildman–Crippen MR) is 119 cm³/mol. The van der Waals surface area contributed by atoms with Gasteiger partial charge in [0.05, 0.1) is 36.4 Å². The standard InChI is InChI=1S/C24H25N5O2/c1-31-20-7-4-16(5-8-20)24(30)29-15-19-3-2-11-25-23(19)28-21-9-6-17(13-22(21)29)18-10-12-26-27-14-18/h2-3,6,9-14,16,20H,4-5,7-8,15H2,1H3,(H,25,28)/t16-,20-. The molecule has 3 heterocycles. The Labute approximate surface area is 181 Å². The number of benzene rings is 1. The molecule has 0 spiro atoms. The summed E-state index contributed by atoms with van der Waals surface area (Å²) in [7, 11) is 1.75. The molecule has 7 heteroatoms. The van der Waals surface area contributed by atoms with Gasteiger partial charge in [-0.1, -0.05) is 12.1 Å². The number of amides is 1. The van der Waals surface area contributed by atoms with E-state index in [1.165, 1.54) is 0 Å². The van der Waals surface area contributed by atoms with Gasteiger partial charge < -0.3 is 15.0 Å². The Balaban J connectivity index is 1.54. The molecular weight excluding hydrogens is 390 g/mol. The summed E-state index contributed by atoms with van der Waals surface area (Å²) < 4.78 is 5.50. The third-order valence-electron chi connectivity index (χ3n) is 6.30. The zero-order valence-corrected chi connectivity index (χ0v) is 17.5. The summed E-state index contributed by atoms with van der Waals surface area (Å²) in [5.74, 6) is 0.962. The van der Waals surface area contributed by atoms with Crippen molar-refractivity contribution in [2.75, 3.05) is 17.3 Å². The Hall–Kier alpha value is -3.32. The van der Waals surface area contributed by atoms with E-state index in [1.807, 2.05) is 35.2 Å². The van der Waals surface area contributed by atoms with Crippen LogP contribution < -0.4 is 10.2 Å². The Morgan fingerprint density at radius 2 is 1.94 bits per heavy atom. The van der Waals surface area contributed by atoms with E-state index < -0.39 is 0 Å². The molecule has 1 aromatic carbocycles. The highest BCUT2D eigenvalue weighted by Crippen LogP contribution is 2.39. The predicted octanol–water partition coefficient (Wildman–Crippen LogP) is 4.33. The number of nitrogens with one attached hydrogen (secondary N) is 1. The van der Waals surface area contributed by atoms with E-state index in [9.17, 15) is 4.79 Å². The molecule has 0 atom stereocenters. The van der Waals surface area contributed by atoms with Gasteiger partial charge in [0, 0.05) is 30.4 Å². The first-order chi connectivity index (χ1) is 15.2. The highest BCUT2D eigenvalue weighted by molar-refractivity contribution is 6.00. The molecule has 5 rings (SSSR count). The average molecular weight is 415 g/mol. The minimum Gasteiger partial charge on any atom is -0.381 e. The number of hydrogen-bond acceptors (Lipinski definition) is 6. The highest BCUT2D eigenvalue weighted by Gasteiger charge is 2.33. The lowest BCUT2D eigenvalue weighted by Gasteiger charge is -2.32. The number of nitrogens with zero attached hydrogens (tertiary/aromatic N) is 4. The Kier molecular flexibility index (Phi) is 5.34. The van der Waals surface area contributed by atoms with Crippen LogP contribution in [-0.2, 0) is 16.1 Å². The molecule has 3 aromatic rings. The van der Waals surface area contributed by atoms with E-state index in [4.69, 9.17) is 4.74 Å². The van der Waals surface area contributed by atoms with Crippen LogP contribution in [-0.4, -0.2) is 34.3 Å². The Bertz CT molecular complexity index is 1080. The largest absolute Gasteiger partial charge is 0.381 e. The molecule has 31 heavy (non-hydrogen) atoms. The lowest BCUT2D eigenvalue weighted by molar-refractivity contribution is -0.124. The topological polar surface area (TPSA) is 80.2 Å². The van der Waals surface area contributed by atoms with Gasteiger partial charge in [0.25, 0.3) is 0 Å². The molecule has 2 aromatic heterocycles. The number of pyridine rings is 1. The van der Waals surface area contributed by atoms with E-state index in [-0.39, 0.29) is 17.9 Å². The molecule has 1 fully saturated rings. The average Bonchev–Trinajstić information content (AvgIpc) is 3.00. The number of methoxy groups -OCH3 is 1. The normalized spacial score (nSPS) is 20.2. The molecule has 0 saturated heterocycles.